The van der Waals surface area contributed by atoms with Gasteiger partial charge in [0.15, 0.2) is 0 Å². The van der Waals surface area contributed by atoms with Crippen molar-refractivity contribution in [3.63, 3.8) is 0 Å². The number of carboxylic acids is 1. The van der Waals surface area contributed by atoms with Crippen molar-refractivity contribution in [3.05, 3.63) is 0 Å². The number of carbonyl (C=O) groups is 3. The summed E-state index contributed by atoms with van der Waals surface area (Å²) < 4.78 is 124. The molecule has 0 aromatic rings. The highest BCUT2D eigenvalue weighted by Gasteiger charge is 2.43. The van der Waals surface area contributed by atoms with E-state index in [1.54, 1.807) is 6.92 Å². The monoisotopic (exact) mass is 402 g/mol. The van der Waals surface area contributed by atoms with E-state index < -0.39 is 105 Å². The first-order valence-electron chi connectivity index (χ1n) is 14.6. The first-order valence-corrected chi connectivity index (χ1v) is 8.55. The van der Waals surface area contributed by atoms with Gasteiger partial charge >= 0.3 is 11.9 Å². The molecule has 0 heterocycles. The minimum absolute atomic E-state index is 0.0129. The van der Waals surface area contributed by atoms with E-state index in [1.165, 1.54) is 0 Å². The van der Waals surface area contributed by atoms with Gasteiger partial charge in [-0.3, -0.25) is 14.4 Å². The van der Waals surface area contributed by atoms with E-state index in [9.17, 15) is 28.3 Å². The van der Waals surface area contributed by atoms with Gasteiger partial charge in [-0.15, -0.1) is 0 Å². The Kier molecular flexibility index (Phi) is 4.66. The molecule has 1 fully saturated rings. The van der Waals surface area contributed by atoms with Crippen molar-refractivity contribution in [1.82, 2.24) is 0 Å². The second kappa shape index (κ2) is 11.5. The summed E-state index contributed by atoms with van der Waals surface area (Å²) >= 11 is 0. The smallest absolute Gasteiger partial charge is 0.305 e. The number of alkyl halides is 2. The Labute approximate surface area is 176 Å². The highest BCUT2D eigenvalue weighted by atomic mass is 19.3. The average Bonchev–Trinajstić information content (AvgIpc) is 3.08. The molecule has 27 heavy (non-hydrogen) atoms. The number of hydrogen-bond acceptors (Lipinski definition) is 4. The van der Waals surface area contributed by atoms with Crippen LogP contribution < -0.4 is 0 Å². The number of carboxylic acid groups (broad SMARTS) is 1. The van der Waals surface area contributed by atoms with E-state index in [0.29, 0.717) is 6.42 Å². The van der Waals surface area contributed by atoms with Crippen LogP contribution in [0.4, 0.5) is 8.78 Å². The number of aliphatic hydroxyl groups excluding tert-OH is 1. The number of unbranched alkanes of at least 4 members (excludes halogenated alkanes) is 1. The number of rotatable bonds is 14. The quantitative estimate of drug-likeness (QED) is 0.455. The van der Waals surface area contributed by atoms with E-state index in [-0.39, 0.29) is 6.42 Å². The summed E-state index contributed by atoms with van der Waals surface area (Å²) in [6.07, 6.45) is -29.8. The lowest BCUT2D eigenvalue weighted by molar-refractivity contribution is -0.144. The fraction of sp³-hybridized carbons (Fsp3) is 0.850. The van der Waals surface area contributed by atoms with Crippen LogP contribution in [0.1, 0.15) is 100 Å². The molecule has 0 unspecified atom stereocenters. The van der Waals surface area contributed by atoms with Gasteiger partial charge in [0, 0.05) is 48.0 Å². The highest BCUT2D eigenvalue weighted by Crippen LogP contribution is 2.37. The summed E-state index contributed by atoms with van der Waals surface area (Å²) in [7, 11) is 0. The Hall–Kier alpha value is -1.37. The first kappa shape index (κ1) is 11.0. The molecule has 0 radical (unpaired) electrons. The molecule has 0 spiro atoms. The van der Waals surface area contributed by atoms with Crippen molar-refractivity contribution >= 4 is 17.5 Å². The Morgan fingerprint density at radius 3 is 2.56 bits per heavy atom. The molecule has 1 aliphatic carbocycles. The van der Waals surface area contributed by atoms with Gasteiger partial charge in [0.1, 0.15) is 5.78 Å². The molecular weight excluding hydrogens is 358 g/mol. The number of halogens is 2. The van der Waals surface area contributed by atoms with Crippen LogP contribution in [-0.4, -0.2) is 39.8 Å². The Morgan fingerprint density at radius 2 is 1.93 bits per heavy atom. The molecule has 2 N–H and O–H groups in total. The van der Waals surface area contributed by atoms with Crippen LogP contribution in [0.25, 0.3) is 0 Å². The van der Waals surface area contributed by atoms with E-state index in [4.69, 9.17) is 21.6 Å². The molecule has 156 valence electrons. The van der Waals surface area contributed by atoms with Gasteiger partial charge in [0.25, 0.3) is 0 Å². The Bertz CT molecular complexity index is 957. The van der Waals surface area contributed by atoms with Crippen molar-refractivity contribution in [2.24, 2.45) is 11.8 Å². The zero-order valence-corrected chi connectivity index (χ0v) is 14.8. The molecule has 0 amide bonds. The van der Waals surface area contributed by atoms with Crippen LogP contribution in [-0.2, 0) is 14.4 Å². The number of ketones is 2. The van der Waals surface area contributed by atoms with Crippen molar-refractivity contribution in [2.45, 2.75) is 95.7 Å². The predicted molar refractivity (Wildman–Crippen MR) is 96.7 cm³/mol. The van der Waals surface area contributed by atoms with Gasteiger partial charge in [0.2, 0.25) is 5.78 Å². The van der Waals surface area contributed by atoms with Crippen molar-refractivity contribution in [2.75, 3.05) is 0 Å². The van der Waals surface area contributed by atoms with Gasteiger partial charge in [-0.1, -0.05) is 32.5 Å². The number of aliphatic carboxylic acids is 1. The lowest BCUT2D eigenvalue weighted by Gasteiger charge is -2.22. The maximum Gasteiger partial charge on any atom is 0.305 e. The standard InChI is InChI=1S/C20H32F2O5/c1-2-3-12-20(21,22)18(25)11-10-15-14(16(23)13-17(15)24)8-6-4-5-7-9-19(26)27/h14-15,17,24H,2-13H2,1H3,(H,26,27)/t14-,15-,17-/m1/s1/i4D2,5D2,6D2,7D2,8D2,9D2. The number of carbonyl (C=O) groups excluding carboxylic acids is 2. The summed E-state index contributed by atoms with van der Waals surface area (Å²) in [4.78, 5) is 36.0. The topological polar surface area (TPSA) is 91.7 Å². The van der Waals surface area contributed by atoms with Gasteiger partial charge in [-0.25, -0.2) is 0 Å². The second-order valence-electron chi connectivity index (χ2n) is 6.22. The van der Waals surface area contributed by atoms with E-state index in [2.05, 4.69) is 0 Å². The van der Waals surface area contributed by atoms with Crippen LogP contribution in [0, 0.1) is 11.8 Å². The Morgan fingerprint density at radius 1 is 1.26 bits per heavy atom. The molecular formula is C20H32F2O5. The minimum atomic E-state index is -4.38. The first-order chi connectivity index (χ1) is 17.2. The van der Waals surface area contributed by atoms with Crippen LogP contribution >= 0.6 is 0 Å². The van der Waals surface area contributed by atoms with Gasteiger partial charge < -0.3 is 10.2 Å². The van der Waals surface area contributed by atoms with E-state index >= 15 is 0 Å². The molecule has 0 bridgehead atoms. The van der Waals surface area contributed by atoms with Crippen molar-refractivity contribution in [3.8, 4) is 0 Å². The molecule has 7 heteroatoms. The van der Waals surface area contributed by atoms with Crippen molar-refractivity contribution in [1.29, 1.82) is 0 Å². The fourth-order valence-corrected chi connectivity index (χ4v) is 2.77. The molecule has 3 atom stereocenters. The van der Waals surface area contributed by atoms with Crippen molar-refractivity contribution < 1.29 is 49.8 Å². The Balaban J connectivity index is 3.48. The van der Waals surface area contributed by atoms with E-state index in [0.717, 1.165) is 0 Å². The van der Waals surface area contributed by atoms with Crippen LogP contribution in [0.3, 0.4) is 0 Å². The normalized spacial score (nSPS) is 32.7. The molecule has 1 aliphatic rings. The van der Waals surface area contributed by atoms with E-state index in [1.807, 2.05) is 0 Å². The molecule has 0 aliphatic heterocycles. The lowest BCUT2D eigenvalue weighted by Crippen LogP contribution is -2.30. The third-order valence-corrected chi connectivity index (χ3v) is 4.22. The molecule has 0 saturated heterocycles. The summed E-state index contributed by atoms with van der Waals surface area (Å²) in [5.41, 5.74) is 0. The van der Waals surface area contributed by atoms with Crippen LogP contribution in [0.5, 0.6) is 0 Å². The molecule has 0 aromatic carbocycles. The summed E-state index contributed by atoms with van der Waals surface area (Å²) in [5.74, 6) is -13.0. The predicted octanol–water partition coefficient (Wildman–Crippen LogP) is 4.15. The van der Waals surface area contributed by atoms with Gasteiger partial charge in [-0.05, 0) is 31.5 Å². The SMILES string of the molecule is [2H]C([2H])(C(=O)O)C([2H])([2H])C([2H])([2H])C([2H])([2H])C([2H])([2H])C([2H])([2H])[C@H]1C(=O)C[C@@H](O)[C@@H]1CCC(=O)C(F)(F)CCCC. The largest absolute Gasteiger partial charge is 0.481 e. The zero-order valence-electron chi connectivity index (χ0n) is 26.8. The summed E-state index contributed by atoms with van der Waals surface area (Å²) in [6, 6.07) is 0. The van der Waals surface area contributed by atoms with Gasteiger partial charge in [-0.2, -0.15) is 8.78 Å². The van der Waals surface area contributed by atoms with Crippen LogP contribution in [0.15, 0.2) is 0 Å². The maximum atomic E-state index is 14.1. The zero-order chi connectivity index (χ0) is 31.2. The molecule has 5 nitrogen and oxygen atoms in total. The minimum Gasteiger partial charge on any atom is -0.481 e. The fourth-order valence-electron chi connectivity index (χ4n) is 2.77. The second-order valence-corrected chi connectivity index (χ2v) is 6.22. The summed E-state index contributed by atoms with van der Waals surface area (Å²) in [5, 5.41) is 19.3. The molecule has 0 aromatic heterocycles. The summed E-state index contributed by atoms with van der Waals surface area (Å²) in [6.45, 7) is 1.62. The van der Waals surface area contributed by atoms with Crippen LogP contribution in [0.2, 0.25) is 0 Å². The molecule has 1 rings (SSSR count). The number of Topliss-reactive ketones (excluding diaryl/α,β-unsaturated/α-hetero) is 2. The average molecular weight is 403 g/mol. The highest BCUT2D eigenvalue weighted by molar-refractivity contribution is 5.86. The molecule has 1 saturated carbocycles. The third-order valence-electron chi connectivity index (χ3n) is 4.22. The third kappa shape index (κ3) is 8.03. The number of aliphatic hydroxyl groups is 1. The maximum absolute atomic E-state index is 14.1. The lowest BCUT2D eigenvalue weighted by atomic mass is 9.85. The van der Waals surface area contributed by atoms with Gasteiger partial charge in [0.05, 0.1) is 6.10 Å². The number of hydrogen-bond donors (Lipinski definition) is 2.